The molecular weight excluding hydrogens is 356 g/mol. The van der Waals surface area contributed by atoms with Crippen LogP contribution in [0.15, 0.2) is 36.5 Å². The Morgan fingerprint density at radius 3 is 2.54 bits per heavy atom. The Morgan fingerprint density at radius 2 is 1.88 bits per heavy atom. The summed E-state index contributed by atoms with van der Waals surface area (Å²) in [6.45, 7) is 1.86. The van der Waals surface area contributed by atoms with Crippen LogP contribution in [0.4, 0.5) is 11.4 Å². The van der Waals surface area contributed by atoms with Gasteiger partial charge in [0.25, 0.3) is 0 Å². The van der Waals surface area contributed by atoms with Crippen LogP contribution in [-0.4, -0.2) is 25.2 Å². The highest BCUT2D eigenvalue weighted by atomic mass is 35.5. The summed E-state index contributed by atoms with van der Waals surface area (Å²) in [6.07, 6.45) is 1.28. The number of rotatable bonds is 5. The third-order valence-electron chi connectivity index (χ3n) is 4.00. The van der Waals surface area contributed by atoms with Gasteiger partial charge in [0.2, 0.25) is 0 Å². The van der Waals surface area contributed by atoms with E-state index in [1.807, 2.05) is 6.92 Å². The quantitative estimate of drug-likeness (QED) is 0.740. The molecule has 0 spiro atoms. The molecule has 0 atom stereocenters. The molecule has 3 aromatic rings. The standard InChI is InChI=1S/C19H17ClN2O4/c1-10-6-11(20)7-13-17(10)21-9-14(19(23)24)18(13)22-12-4-5-15(25-2)16(8-12)26-3/h4-9H,1-3H3,(H,21,22)(H,23,24)/p-1. The molecule has 134 valence electrons. The zero-order valence-electron chi connectivity index (χ0n) is 14.4. The second-order valence-corrected chi connectivity index (χ2v) is 6.08. The van der Waals surface area contributed by atoms with Crippen molar-refractivity contribution in [1.29, 1.82) is 0 Å². The summed E-state index contributed by atoms with van der Waals surface area (Å²) in [4.78, 5) is 15.8. The maximum absolute atomic E-state index is 11.6. The van der Waals surface area contributed by atoms with Crippen LogP contribution in [0.25, 0.3) is 10.9 Å². The number of nitrogens with zero attached hydrogens (tertiary/aromatic N) is 1. The van der Waals surface area contributed by atoms with Crippen LogP contribution >= 0.6 is 11.6 Å². The Labute approximate surface area is 155 Å². The average molecular weight is 372 g/mol. The molecule has 26 heavy (non-hydrogen) atoms. The molecule has 7 heteroatoms. The lowest BCUT2D eigenvalue weighted by molar-refractivity contribution is -0.254. The molecule has 0 bridgehead atoms. The topological polar surface area (TPSA) is 83.5 Å². The second-order valence-electron chi connectivity index (χ2n) is 5.65. The van der Waals surface area contributed by atoms with Gasteiger partial charge in [0.05, 0.1) is 31.4 Å². The van der Waals surface area contributed by atoms with Crippen molar-refractivity contribution in [2.75, 3.05) is 19.5 Å². The molecule has 0 aliphatic carbocycles. The lowest BCUT2D eigenvalue weighted by Crippen LogP contribution is -2.23. The van der Waals surface area contributed by atoms with Crippen molar-refractivity contribution >= 4 is 39.8 Å². The minimum atomic E-state index is -1.33. The van der Waals surface area contributed by atoms with Gasteiger partial charge >= 0.3 is 0 Å². The number of carboxylic acids is 1. The van der Waals surface area contributed by atoms with E-state index in [0.717, 1.165) is 5.56 Å². The molecule has 1 N–H and O–H groups in total. The number of fused-ring (bicyclic) bond motifs is 1. The summed E-state index contributed by atoms with van der Waals surface area (Å²) in [5.74, 6) is -0.253. The Hall–Kier alpha value is -2.99. The number of carbonyl (C=O) groups excluding carboxylic acids is 1. The molecule has 1 aromatic heterocycles. The number of hydrogen-bond acceptors (Lipinski definition) is 6. The van der Waals surface area contributed by atoms with Crippen LogP contribution in [0.2, 0.25) is 5.02 Å². The van der Waals surface area contributed by atoms with E-state index >= 15 is 0 Å². The Balaban J connectivity index is 2.20. The molecule has 2 aromatic carbocycles. The van der Waals surface area contributed by atoms with E-state index in [-0.39, 0.29) is 5.56 Å². The number of aromatic carboxylic acids is 1. The summed E-state index contributed by atoms with van der Waals surface area (Å²) in [6, 6.07) is 8.63. The van der Waals surface area contributed by atoms with E-state index in [1.54, 1.807) is 37.4 Å². The largest absolute Gasteiger partial charge is 0.545 e. The number of carboxylic acid groups (broad SMARTS) is 1. The predicted molar refractivity (Wildman–Crippen MR) is 98.6 cm³/mol. The maximum Gasteiger partial charge on any atom is 0.162 e. The number of anilines is 2. The average Bonchev–Trinajstić information content (AvgIpc) is 2.61. The van der Waals surface area contributed by atoms with Crippen LogP contribution < -0.4 is 19.9 Å². The third-order valence-corrected chi connectivity index (χ3v) is 4.22. The Morgan fingerprint density at radius 1 is 1.15 bits per heavy atom. The number of halogens is 1. The fourth-order valence-electron chi connectivity index (χ4n) is 2.78. The summed E-state index contributed by atoms with van der Waals surface area (Å²) >= 11 is 6.16. The zero-order valence-corrected chi connectivity index (χ0v) is 15.2. The summed E-state index contributed by atoms with van der Waals surface area (Å²) in [7, 11) is 3.07. The van der Waals surface area contributed by atoms with E-state index in [4.69, 9.17) is 21.1 Å². The minimum Gasteiger partial charge on any atom is -0.545 e. The molecule has 0 radical (unpaired) electrons. The molecular formula is C19H16ClN2O4-. The number of aromatic nitrogens is 1. The van der Waals surface area contributed by atoms with Gasteiger partial charge in [-0.15, -0.1) is 0 Å². The Kier molecular flexibility index (Phi) is 4.86. The molecule has 0 amide bonds. The van der Waals surface area contributed by atoms with E-state index in [0.29, 0.717) is 38.8 Å². The monoisotopic (exact) mass is 371 g/mol. The van der Waals surface area contributed by atoms with Gasteiger partial charge in [0.15, 0.2) is 11.5 Å². The van der Waals surface area contributed by atoms with E-state index < -0.39 is 5.97 Å². The molecule has 0 saturated carbocycles. The van der Waals surface area contributed by atoms with Gasteiger partial charge in [-0.25, -0.2) is 0 Å². The van der Waals surface area contributed by atoms with Crippen LogP contribution in [0.3, 0.4) is 0 Å². The molecule has 0 fully saturated rings. The first kappa shape index (κ1) is 17.8. The highest BCUT2D eigenvalue weighted by Gasteiger charge is 2.14. The number of hydrogen-bond donors (Lipinski definition) is 1. The summed E-state index contributed by atoms with van der Waals surface area (Å²) in [5.41, 5.74) is 2.41. The number of methoxy groups -OCH3 is 2. The molecule has 0 saturated heterocycles. The Bertz CT molecular complexity index is 1000. The van der Waals surface area contributed by atoms with Gasteiger partial charge < -0.3 is 24.7 Å². The zero-order chi connectivity index (χ0) is 18.8. The molecule has 6 nitrogen and oxygen atoms in total. The second kappa shape index (κ2) is 7.09. The fraction of sp³-hybridized carbons (Fsp3) is 0.158. The summed E-state index contributed by atoms with van der Waals surface area (Å²) < 4.78 is 10.5. The van der Waals surface area contributed by atoms with Crippen LogP contribution in [-0.2, 0) is 0 Å². The lowest BCUT2D eigenvalue weighted by atomic mass is 10.1. The smallest absolute Gasteiger partial charge is 0.162 e. The van der Waals surface area contributed by atoms with Crippen molar-refractivity contribution < 1.29 is 19.4 Å². The van der Waals surface area contributed by atoms with Gasteiger partial charge in [0.1, 0.15) is 0 Å². The maximum atomic E-state index is 11.6. The van der Waals surface area contributed by atoms with Crippen molar-refractivity contribution in [3.8, 4) is 11.5 Å². The summed E-state index contributed by atoms with van der Waals surface area (Å²) in [5, 5.41) is 15.8. The normalized spacial score (nSPS) is 10.6. The fourth-order valence-corrected chi connectivity index (χ4v) is 3.06. The van der Waals surface area contributed by atoms with E-state index in [9.17, 15) is 9.90 Å². The van der Waals surface area contributed by atoms with Gasteiger partial charge in [-0.1, -0.05) is 11.6 Å². The minimum absolute atomic E-state index is 0.0612. The van der Waals surface area contributed by atoms with Gasteiger partial charge in [-0.2, -0.15) is 0 Å². The number of benzene rings is 2. The number of carbonyl (C=O) groups is 1. The first-order valence-corrected chi connectivity index (χ1v) is 8.11. The van der Waals surface area contributed by atoms with E-state index in [2.05, 4.69) is 10.3 Å². The van der Waals surface area contributed by atoms with E-state index in [1.165, 1.54) is 13.3 Å². The lowest BCUT2D eigenvalue weighted by Gasteiger charge is -2.17. The van der Waals surface area contributed by atoms with Crippen molar-refractivity contribution in [2.24, 2.45) is 0 Å². The number of pyridine rings is 1. The first-order valence-electron chi connectivity index (χ1n) is 7.74. The SMILES string of the molecule is COc1ccc(Nc2c(C(=O)[O-])cnc3c(C)cc(Cl)cc23)cc1OC. The van der Waals surface area contributed by atoms with Crippen LogP contribution in [0.1, 0.15) is 15.9 Å². The van der Waals surface area contributed by atoms with Crippen molar-refractivity contribution in [3.63, 3.8) is 0 Å². The van der Waals surface area contributed by atoms with Crippen LogP contribution in [0.5, 0.6) is 11.5 Å². The van der Waals surface area contributed by atoms with Crippen LogP contribution in [0, 0.1) is 6.92 Å². The number of nitrogens with one attached hydrogen (secondary N) is 1. The molecule has 0 unspecified atom stereocenters. The molecule has 1 heterocycles. The van der Waals surface area contributed by atoms with Gasteiger partial charge in [0, 0.05) is 33.9 Å². The van der Waals surface area contributed by atoms with Gasteiger partial charge in [-0.05, 0) is 36.8 Å². The number of aryl methyl sites for hydroxylation is 1. The highest BCUT2D eigenvalue weighted by Crippen LogP contribution is 2.35. The van der Waals surface area contributed by atoms with Gasteiger partial charge in [-0.3, -0.25) is 4.98 Å². The highest BCUT2D eigenvalue weighted by molar-refractivity contribution is 6.31. The molecule has 3 rings (SSSR count). The molecule has 0 aliphatic heterocycles. The van der Waals surface area contributed by atoms with Crippen molar-refractivity contribution in [3.05, 3.63) is 52.7 Å². The molecule has 0 aliphatic rings. The predicted octanol–water partition coefficient (Wildman–Crippen LogP) is 3.32. The van der Waals surface area contributed by atoms with Crippen molar-refractivity contribution in [1.82, 2.24) is 4.98 Å². The van der Waals surface area contributed by atoms with Crippen molar-refractivity contribution in [2.45, 2.75) is 6.92 Å². The third kappa shape index (κ3) is 3.23. The first-order chi connectivity index (χ1) is 12.4. The number of ether oxygens (including phenoxy) is 2.